The molecule has 0 unspecified atom stereocenters. The number of piperidine rings is 1. The molecule has 0 aliphatic carbocycles. The molecule has 12 heteroatoms. The number of hydrogen-bond acceptors (Lipinski definition) is 4. The van der Waals surface area contributed by atoms with E-state index in [2.05, 4.69) is 14.1 Å². The number of nitrogens with zero attached hydrogens (tertiary/aromatic N) is 1. The van der Waals surface area contributed by atoms with Crippen LogP contribution < -0.4 is 4.13 Å². The van der Waals surface area contributed by atoms with E-state index >= 15 is 0 Å². The smallest absolute Gasteiger partial charge is 0.328 e. The molecule has 0 amide bonds. The first-order valence-corrected chi connectivity index (χ1v) is 8.39. The first-order valence-electron chi connectivity index (χ1n) is 5.53. The van der Waals surface area contributed by atoms with E-state index < -0.39 is 25.9 Å². The van der Waals surface area contributed by atoms with Crippen LogP contribution in [0.1, 0.15) is 19.3 Å². The summed E-state index contributed by atoms with van der Waals surface area (Å²) >= 11 is 0. The van der Waals surface area contributed by atoms with Crippen LogP contribution in [0.5, 0.6) is 0 Å². The van der Waals surface area contributed by atoms with Crippen molar-refractivity contribution < 1.29 is 38.4 Å². The molecule has 0 aromatic carbocycles. The van der Waals surface area contributed by atoms with Gasteiger partial charge in [-0.1, -0.05) is 8.01 Å². The van der Waals surface area contributed by atoms with E-state index in [0.717, 1.165) is 0 Å². The van der Waals surface area contributed by atoms with Gasteiger partial charge in [0, 0.05) is 0 Å². The summed E-state index contributed by atoms with van der Waals surface area (Å²) in [6.07, 6.45) is 4.34. The number of nitrogens with one attached hydrogen (secondary N) is 1. The third-order valence-electron chi connectivity index (χ3n) is 2.54. The maximum absolute atomic E-state index is 11.4. The first-order chi connectivity index (χ1) is 8.66. The Morgan fingerprint density at radius 1 is 0.950 bits per heavy atom. The van der Waals surface area contributed by atoms with E-state index in [0.29, 0.717) is 0 Å². The van der Waals surface area contributed by atoms with Crippen molar-refractivity contribution in [2.24, 2.45) is 0 Å². The molecule has 1 rings (SSSR count). The van der Waals surface area contributed by atoms with Gasteiger partial charge < -0.3 is 4.48 Å². The van der Waals surface area contributed by atoms with Gasteiger partial charge in [0.2, 0.25) is 0 Å². The van der Waals surface area contributed by atoms with Gasteiger partial charge in [-0.25, -0.2) is 8.42 Å². The lowest BCUT2D eigenvalue weighted by atomic mass is 10.1. The van der Waals surface area contributed by atoms with Gasteiger partial charge in [-0.15, -0.1) is 0 Å². The topological polar surface area (TPSA) is 80.3 Å². The van der Waals surface area contributed by atoms with Crippen LogP contribution in [-0.4, -0.2) is 54.0 Å². The molecule has 0 bridgehead atoms. The van der Waals surface area contributed by atoms with Crippen molar-refractivity contribution in [3.05, 3.63) is 0 Å². The number of rotatable bonds is 2. The molecular formula is C8H17F4N2O4S2+. The van der Waals surface area contributed by atoms with Gasteiger partial charge in [0.25, 0.3) is 0 Å². The van der Waals surface area contributed by atoms with Crippen LogP contribution >= 0.6 is 0 Å². The second-order valence-corrected chi connectivity index (χ2v) is 7.93. The van der Waals surface area contributed by atoms with Gasteiger partial charge in [0.05, 0.1) is 27.2 Å². The highest BCUT2D eigenvalue weighted by atomic mass is 32.3. The Bertz CT molecular complexity index is 505. The summed E-state index contributed by atoms with van der Waals surface area (Å²) in [5, 5.41) is 0. The van der Waals surface area contributed by atoms with E-state index in [1.807, 2.05) is 0 Å². The Balaban J connectivity index is 0.000000388. The maximum Gasteiger partial charge on any atom is 0.512 e. The van der Waals surface area contributed by atoms with E-state index in [1.54, 1.807) is 0 Å². The van der Waals surface area contributed by atoms with Crippen LogP contribution in [0.4, 0.5) is 17.1 Å². The minimum Gasteiger partial charge on any atom is -0.328 e. The van der Waals surface area contributed by atoms with E-state index in [4.69, 9.17) is 0 Å². The van der Waals surface area contributed by atoms with Gasteiger partial charge in [-0.05, 0) is 19.3 Å². The lowest BCUT2D eigenvalue weighted by Crippen LogP contribution is -2.43. The average Bonchev–Trinajstić information content (AvgIpc) is 2.12. The third kappa shape index (κ3) is 7.97. The molecule has 1 saturated heterocycles. The summed E-state index contributed by atoms with van der Waals surface area (Å²) in [5.74, 6) is 0. The zero-order valence-corrected chi connectivity index (χ0v) is 12.6. The number of quaternary nitrogens is 1. The zero-order chi connectivity index (χ0) is 16.2. The Morgan fingerprint density at radius 2 is 1.35 bits per heavy atom. The molecule has 6 nitrogen and oxygen atoms in total. The van der Waals surface area contributed by atoms with Crippen molar-refractivity contribution in [1.29, 1.82) is 0 Å². The molecule has 122 valence electrons. The van der Waals surface area contributed by atoms with Crippen molar-refractivity contribution in [2.45, 2.75) is 24.8 Å². The lowest BCUT2D eigenvalue weighted by Gasteiger charge is -2.33. The van der Waals surface area contributed by atoms with Crippen LogP contribution in [0.3, 0.4) is 0 Å². The Hall–Kier alpha value is -0.460. The largest absolute Gasteiger partial charge is 0.512 e. The van der Waals surface area contributed by atoms with Crippen LogP contribution in [0.25, 0.3) is 0 Å². The molecule has 1 aliphatic heterocycles. The highest BCUT2D eigenvalue weighted by Crippen LogP contribution is 2.22. The summed E-state index contributed by atoms with van der Waals surface area (Å²) in [5.41, 5.74) is -5.86. The quantitative estimate of drug-likeness (QED) is 0.458. The number of likely N-dealkylation sites (tertiary alicyclic amines) is 1. The van der Waals surface area contributed by atoms with Crippen LogP contribution in [0, 0.1) is 0 Å². The minimum absolute atomic E-state index is 0.212. The van der Waals surface area contributed by atoms with Gasteiger partial charge in [0.15, 0.2) is 0 Å². The van der Waals surface area contributed by atoms with Crippen LogP contribution in [0.15, 0.2) is 0 Å². The molecule has 0 saturated carbocycles. The molecule has 0 aromatic heterocycles. The van der Waals surface area contributed by atoms with Crippen molar-refractivity contribution >= 4 is 20.4 Å². The number of sulfonamides is 1. The summed E-state index contributed by atoms with van der Waals surface area (Å²) in [7, 11) is -7.45. The number of alkyl halides is 3. The highest BCUT2D eigenvalue weighted by Gasteiger charge is 2.48. The second-order valence-electron chi connectivity index (χ2n) is 4.91. The minimum atomic E-state index is -6.17. The SMILES string of the molecule is C[N+]1(C)CCCCC1.O=S(=O)(F)NS(=O)(=O)C(F)(F)F. The molecule has 1 fully saturated rings. The van der Waals surface area contributed by atoms with Gasteiger partial charge >= 0.3 is 25.9 Å². The third-order valence-corrected chi connectivity index (χ3v) is 4.82. The average molecular weight is 345 g/mol. The van der Waals surface area contributed by atoms with E-state index in [-0.39, 0.29) is 4.13 Å². The van der Waals surface area contributed by atoms with Gasteiger partial charge in [-0.3, -0.25) is 0 Å². The Labute approximate surface area is 115 Å². The van der Waals surface area contributed by atoms with Crippen molar-refractivity contribution in [2.75, 3.05) is 27.2 Å². The normalized spacial score (nSPS) is 19.9. The molecule has 1 N–H and O–H groups in total. The summed E-state index contributed by atoms with van der Waals surface area (Å²) < 4.78 is 84.8. The Morgan fingerprint density at radius 3 is 1.50 bits per heavy atom. The molecular weight excluding hydrogens is 328 g/mol. The summed E-state index contributed by atoms with van der Waals surface area (Å²) in [4.78, 5) is 0. The number of hydrogen-bond donors (Lipinski definition) is 1. The predicted octanol–water partition coefficient (Wildman–Crippen LogP) is 0.887. The standard InChI is InChI=1S/C7H16N.CHF4NO4S2/c1-8(2)6-4-3-5-7-8;2-1(3,4)11(7,8)6-12(5,9)10/h3-7H2,1-2H3;6H/q+1;. The molecule has 0 atom stereocenters. The molecule has 1 aliphatic rings. The van der Waals surface area contributed by atoms with Crippen molar-refractivity contribution in [1.82, 2.24) is 4.13 Å². The van der Waals surface area contributed by atoms with Gasteiger partial charge in [0.1, 0.15) is 0 Å². The van der Waals surface area contributed by atoms with E-state index in [9.17, 15) is 33.9 Å². The number of halogens is 4. The predicted molar refractivity (Wildman–Crippen MR) is 63.8 cm³/mol. The zero-order valence-electron chi connectivity index (χ0n) is 10.9. The fraction of sp³-hybridized carbons (Fsp3) is 1.00. The van der Waals surface area contributed by atoms with Crippen molar-refractivity contribution in [3.8, 4) is 0 Å². The lowest BCUT2D eigenvalue weighted by molar-refractivity contribution is -0.894. The van der Waals surface area contributed by atoms with Gasteiger partial charge in [-0.2, -0.15) is 21.6 Å². The fourth-order valence-electron chi connectivity index (χ4n) is 1.55. The molecule has 0 aromatic rings. The summed E-state index contributed by atoms with van der Waals surface area (Å²) in [6, 6.07) is 0. The molecule has 1 heterocycles. The van der Waals surface area contributed by atoms with E-state index in [1.165, 1.54) is 36.8 Å². The maximum atomic E-state index is 11.4. The highest BCUT2D eigenvalue weighted by molar-refractivity contribution is 8.03. The molecule has 20 heavy (non-hydrogen) atoms. The second kappa shape index (κ2) is 6.54. The molecule has 0 spiro atoms. The first kappa shape index (κ1) is 19.5. The van der Waals surface area contributed by atoms with Crippen molar-refractivity contribution in [3.63, 3.8) is 0 Å². The monoisotopic (exact) mass is 345 g/mol. The van der Waals surface area contributed by atoms with Crippen LogP contribution in [-0.2, 0) is 20.4 Å². The summed E-state index contributed by atoms with van der Waals surface area (Å²) in [6.45, 7) is 2.78. The molecule has 0 radical (unpaired) electrons. The fourth-order valence-corrected chi connectivity index (χ4v) is 2.97. The Kier molecular flexibility index (Phi) is 6.39. The van der Waals surface area contributed by atoms with Crippen LogP contribution in [0.2, 0.25) is 0 Å².